The van der Waals surface area contributed by atoms with Crippen molar-refractivity contribution in [2.75, 3.05) is 67.0 Å². The van der Waals surface area contributed by atoms with E-state index < -0.39 is 17.2 Å². The molecule has 0 bridgehead atoms. The molecule has 1 N–H and O–H groups in total. The third-order valence-electron chi connectivity index (χ3n) is 13.1. The van der Waals surface area contributed by atoms with Gasteiger partial charge in [0, 0.05) is 78.5 Å². The fourth-order valence-electron chi connectivity index (χ4n) is 9.72. The van der Waals surface area contributed by atoms with Crippen molar-refractivity contribution in [3.05, 3.63) is 70.8 Å². The summed E-state index contributed by atoms with van der Waals surface area (Å²) in [6.45, 7) is 6.30. The Balaban J connectivity index is 1.25. The van der Waals surface area contributed by atoms with Crippen LogP contribution in [0, 0.1) is 5.41 Å². The predicted molar refractivity (Wildman–Crippen MR) is 239 cm³/mol. The molecule has 326 valence electrons. The van der Waals surface area contributed by atoms with Gasteiger partial charge in [-0.25, -0.2) is 0 Å². The van der Waals surface area contributed by atoms with Crippen LogP contribution < -0.4 is 0 Å². The number of aliphatic hydroxyl groups is 1. The highest BCUT2D eigenvalue weighted by atomic mass is 16.5. The van der Waals surface area contributed by atoms with Crippen molar-refractivity contribution in [3.8, 4) is 0 Å². The maximum Gasteiger partial charge on any atom is 0.261 e. The van der Waals surface area contributed by atoms with Crippen LogP contribution in [-0.4, -0.2) is 112 Å². The minimum atomic E-state index is -0.878. The van der Waals surface area contributed by atoms with Gasteiger partial charge in [0.25, 0.3) is 23.6 Å². The average molecular weight is 835 g/mol. The zero-order chi connectivity index (χ0) is 43.1. The van der Waals surface area contributed by atoms with Gasteiger partial charge in [-0.1, -0.05) is 89.5 Å². The molecule has 7 rings (SSSR count). The van der Waals surface area contributed by atoms with Crippen LogP contribution in [0.1, 0.15) is 132 Å². The van der Waals surface area contributed by atoms with Crippen LogP contribution in [0.3, 0.4) is 0 Å². The fraction of sp³-hybridized carbons (Fsp3) is 0.520. The molecule has 0 aromatic heterocycles. The smallest absolute Gasteiger partial charge is 0.261 e. The number of imide groups is 2. The molecule has 0 radical (unpaired) electrons. The van der Waals surface area contributed by atoms with Crippen LogP contribution in [0.25, 0.3) is 43.1 Å². The van der Waals surface area contributed by atoms with E-state index in [1.807, 2.05) is 36.4 Å². The molecule has 2 aliphatic heterocycles. The second-order valence-corrected chi connectivity index (χ2v) is 17.0. The van der Waals surface area contributed by atoms with Crippen LogP contribution in [-0.2, 0) is 18.9 Å². The molecule has 0 aliphatic carbocycles. The van der Waals surface area contributed by atoms with Crippen LogP contribution in [0.5, 0.6) is 0 Å². The number of carbonyl (C=O) groups is 4. The molecule has 0 spiro atoms. The number of unbranched alkanes of at least 4 members (excludes halogenated alkanes) is 6. The number of rotatable bonds is 26. The molecule has 2 aliphatic rings. The topological polar surface area (TPSA) is 132 Å². The van der Waals surface area contributed by atoms with Crippen molar-refractivity contribution in [2.45, 2.75) is 96.9 Å². The van der Waals surface area contributed by atoms with Gasteiger partial charge in [0.2, 0.25) is 0 Å². The SMILES string of the molecule is CCCCCCC(CCCCCC)N1C(=O)c2ccc3c4ccc5c6c(ccc(c7ccc(c2c37)C1=O)c64)C(=O)N(CC(CO)(CCOCCOC)CCOCCOC)C5=O. The Hall–Kier alpha value is -4.52. The number of hydrogen-bond acceptors (Lipinski definition) is 9. The van der Waals surface area contributed by atoms with E-state index in [0.29, 0.717) is 85.5 Å². The zero-order valence-corrected chi connectivity index (χ0v) is 36.4. The lowest BCUT2D eigenvalue weighted by molar-refractivity contribution is -0.00708. The zero-order valence-electron chi connectivity index (χ0n) is 36.4. The molecular formula is C50H62N2O9. The third-order valence-corrected chi connectivity index (χ3v) is 13.1. The number of amides is 4. The second-order valence-electron chi connectivity index (χ2n) is 17.0. The number of aliphatic hydroxyl groups excluding tert-OH is 1. The average Bonchev–Trinajstić information content (AvgIpc) is 3.27. The standard InChI is InChI=1S/C50H62N2O9/c1-5-7-9-11-13-33(14-12-10-8-6-2)52-48(56)40-21-17-36-34-15-19-38-44-39(20-16-35(42(34)44)37-18-22-41(49(52)57)45(40)43(36)37)47(55)51(46(38)54)31-50(32-53,23-25-60-29-27-58-3)24-26-61-30-28-59-4/h15-22,33,53H,5-14,23-32H2,1-4H3. The van der Waals surface area contributed by atoms with Crippen molar-refractivity contribution < 1.29 is 43.2 Å². The monoisotopic (exact) mass is 834 g/mol. The van der Waals surface area contributed by atoms with E-state index in [1.165, 1.54) is 4.90 Å². The minimum Gasteiger partial charge on any atom is -0.396 e. The van der Waals surface area contributed by atoms with E-state index in [2.05, 4.69) is 13.8 Å². The highest BCUT2D eigenvalue weighted by molar-refractivity contribution is 6.41. The normalized spacial score (nSPS) is 14.5. The van der Waals surface area contributed by atoms with Crippen LogP contribution in [0.15, 0.2) is 48.5 Å². The van der Waals surface area contributed by atoms with Crippen LogP contribution >= 0.6 is 0 Å². The second kappa shape index (κ2) is 20.1. The Bertz CT molecular complexity index is 2230. The summed E-state index contributed by atoms with van der Waals surface area (Å²) in [5.41, 5.74) is 1.02. The molecule has 2 heterocycles. The lowest BCUT2D eigenvalue weighted by Crippen LogP contribution is -2.49. The third kappa shape index (κ3) is 8.65. The van der Waals surface area contributed by atoms with Gasteiger partial charge in [-0.15, -0.1) is 0 Å². The van der Waals surface area contributed by atoms with Crippen molar-refractivity contribution in [3.63, 3.8) is 0 Å². The number of hydrogen-bond donors (Lipinski definition) is 1. The number of benzene rings is 5. The summed E-state index contributed by atoms with van der Waals surface area (Å²) in [6.07, 6.45) is 11.0. The Morgan fingerprint density at radius 1 is 0.525 bits per heavy atom. The Morgan fingerprint density at radius 3 is 1.31 bits per heavy atom. The Kier molecular flexibility index (Phi) is 14.7. The largest absolute Gasteiger partial charge is 0.396 e. The van der Waals surface area contributed by atoms with Crippen LogP contribution in [0.4, 0.5) is 0 Å². The number of ether oxygens (including phenoxy) is 4. The summed E-state index contributed by atoms with van der Waals surface area (Å²) in [7, 11) is 3.20. The van der Waals surface area contributed by atoms with E-state index in [9.17, 15) is 24.3 Å². The Morgan fingerprint density at radius 2 is 0.934 bits per heavy atom. The number of fused-ring (bicyclic) bond motifs is 2. The summed E-state index contributed by atoms with van der Waals surface area (Å²) < 4.78 is 21.8. The fourth-order valence-corrected chi connectivity index (χ4v) is 9.72. The number of methoxy groups -OCH3 is 2. The van der Waals surface area contributed by atoms with E-state index in [4.69, 9.17) is 18.9 Å². The van der Waals surface area contributed by atoms with Gasteiger partial charge in [0.1, 0.15) is 0 Å². The summed E-state index contributed by atoms with van der Waals surface area (Å²) in [5, 5.41) is 17.2. The van der Waals surface area contributed by atoms with Gasteiger partial charge >= 0.3 is 0 Å². The molecule has 11 nitrogen and oxygen atoms in total. The van der Waals surface area contributed by atoms with Crippen molar-refractivity contribution in [2.24, 2.45) is 5.41 Å². The summed E-state index contributed by atoms with van der Waals surface area (Å²) in [5.74, 6) is -1.31. The molecule has 61 heavy (non-hydrogen) atoms. The molecule has 0 fully saturated rings. The van der Waals surface area contributed by atoms with Crippen molar-refractivity contribution >= 4 is 66.7 Å². The minimum absolute atomic E-state index is 0.0159. The van der Waals surface area contributed by atoms with Gasteiger partial charge in [0.15, 0.2) is 0 Å². The van der Waals surface area contributed by atoms with E-state index >= 15 is 0 Å². The maximum atomic E-state index is 14.5. The van der Waals surface area contributed by atoms with Gasteiger partial charge in [-0.05, 0) is 82.3 Å². The summed E-state index contributed by atoms with van der Waals surface area (Å²) >= 11 is 0. The van der Waals surface area contributed by atoms with E-state index in [1.54, 1.807) is 31.3 Å². The molecule has 0 saturated heterocycles. The molecule has 0 atom stereocenters. The van der Waals surface area contributed by atoms with Crippen molar-refractivity contribution in [1.29, 1.82) is 0 Å². The molecule has 0 unspecified atom stereocenters. The van der Waals surface area contributed by atoms with Gasteiger partial charge in [-0.2, -0.15) is 0 Å². The molecule has 5 aromatic carbocycles. The lowest BCUT2D eigenvalue weighted by Gasteiger charge is -2.38. The molecular weight excluding hydrogens is 773 g/mol. The summed E-state index contributed by atoms with van der Waals surface area (Å²) in [6, 6.07) is 15.0. The van der Waals surface area contributed by atoms with E-state index in [-0.39, 0.29) is 31.0 Å². The molecule has 4 amide bonds. The lowest BCUT2D eigenvalue weighted by atomic mass is 9.79. The van der Waals surface area contributed by atoms with E-state index in [0.717, 1.165) is 96.5 Å². The first-order valence-electron chi connectivity index (χ1n) is 22.4. The summed E-state index contributed by atoms with van der Waals surface area (Å²) in [4.78, 5) is 61.0. The molecule has 0 saturated carbocycles. The quantitative estimate of drug-likeness (QED) is 0.0251. The maximum absolute atomic E-state index is 14.5. The molecule has 5 aromatic rings. The number of carbonyl (C=O) groups excluding carboxylic acids is 4. The highest BCUT2D eigenvalue weighted by Crippen LogP contribution is 2.47. The highest BCUT2D eigenvalue weighted by Gasteiger charge is 2.42. The first kappa shape index (κ1) is 44.5. The Labute approximate surface area is 358 Å². The van der Waals surface area contributed by atoms with Gasteiger partial charge < -0.3 is 24.1 Å². The van der Waals surface area contributed by atoms with Crippen LogP contribution in [0.2, 0.25) is 0 Å². The predicted octanol–water partition coefficient (Wildman–Crippen LogP) is 9.32. The van der Waals surface area contributed by atoms with Gasteiger partial charge in [0.05, 0.1) is 33.0 Å². The first-order valence-corrected chi connectivity index (χ1v) is 22.4. The van der Waals surface area contributed by atoms with Gasteiger partial charge in [-0.3, -0.25) is 29.0 Å². The number of nitrogens with zero attached hydrogens (tertiary/aromatic N) is 2. The first-order chi connectivity index (χ1) is 29.7. The van der Waals surface area contributed by atoms with Crippen molar-refractivity contribution in [1.82, 2.24) is 9.80 Å². The molecule has 11 heteroatoms.